The summed E-state index contributed by atoms with van der Waals surface area (Å²) in [5, 5.41) is 3.72. The Hall–Kier alpha value is -1.59. The Balaban J connectivity index is 1.62. The fraction of sp³-hybridized carbons (Fsp3) is 0.529. The first kappa shape index (κ1) is 16.3. The number of carbonyl (C=O) groups is 2. The summed E-state index contributed by atoms with van der Waals surface area (Å²) in [5.41, 5.74) is 0.861. The van der Waals surface area contributed by atoms with Crippen molar-refractivity contribution in [2.24, 2.45) is 0 Å². The van der Waals surface area contributed by atoms with E-state index in [0.717, 1.165) is 38.0 Å². The third kappa shape index (κ3) is 3.85. The summed E-state index contributed by atoms with van der Waals surface area (Å²) < 4.78 is 0. The van der Waals surface area contributed by atoms with Gasteiger partial charge in [-0.1, -0.05) is 29.8 Å². The van der Waals surface area contributed by atoms with Crippen molar-refractivity contribution in [3.05, 3.63) is 34.9 Å². The molecule has 2 fully saturated rings. The van der Waals surface area contributed by atoms with Crippen LogP contribution >= 0.6 is 11.6 Å². The largest absolute Gasteiger partial charge is 0.340 e. The van der Waals surface area contributed by atoms with Gasteiger partial charge in [0.15, 0.2) is 0 Å². The third-order valence-corrected chi connectivity index (χ3v) is 4.98. The van der Waals surface area contributed by atoms with Crippen molar-refractivity contribution < 1.29 is 9.59 Å². The minimum Gasteiger partial charge on any atom is -0.340 e. The highest BCUT2D eigenvalue weighted by Gasteiger charge is 2.31. The lowest BCUT2D eigenvalue weighted by atomic mass is 10.0. The van der Waals surface area contributed by atoms with E-state index in [1.54, 1.807) is 0 Å². The van der Waals surface area contributed by atoms with E-state index in [1.807, 2.05) is 34.1 Å². The summed E-state index contributed by atoms with van der Waals surface area (Å²) in [7, 11) is 0. The second-order valence-corrected chi connectivity index (χ2v) is 6.58. The Morgan fingerprint density at radius 3 is 2.91 bits per heavy atom. The van der Waals surface area contributed by atoms with Crippen molar-refractivity contribution in [1.29, 1.82) is 0 Å². The highest BCUT2D eigenvalue weighted by atomic mass is 35.5. The fourth-order valence-electron chi connectivity index (χ4n) is 3.36. The average molecular weight is 336 g/mol. The molecule has 5 nitrogen and oxygen atoms in total. The van der Waals surface area contributed by atoms with Gasteiger partial charge in [0.2, 0.25) is 11.8 Å². The zero-order chi connectivity index (χ0) is 16.2. The molecule has 1 unspecified atom stereocenters. The number of likely N-dealkylation sites (tertiary alicyclic amines) is 1. The molecule has 0 aliphatic carbocycles. The van der Waals surface area contributed by atoms with Crippen LogP contribution in [0, 0.1) is 0 Å². The molecule has 23 heavy (non-hydrogen) atoms. The van der Waals surface area contributed by atoms with Gasteiger partial charge in [-0.2, -0.15) is 0 Å². The number of nitrogens with zero attached hydrogens (tertiary/aromatic N) is 2. The maximum absolute atomic E-state index is 12.6. The topological polar surface area (TPSA) is 52.7 Å². The van der Waals surface area contributed by atoms with Crippen LogP contribution in [0.3, 0.4) is 0 Å². The SMILES string of the molecule is O=C(Cc1ccccc1Cl)N1CCCC(N2CCNCC2=O)C1. The number of halogens is 1. The lowest BCUT2D eigenvalue weighted by Crippen LogP contribution is -2.57. The van der Waals surface area contributed by atoms with E-state index in [1.165, 1.54) is 0 Å². The molecule has 0 aromatic heterocycles. The van der Waals surface area contributed by atoms with Gasteiger partial charge in [0, 0.05) is 37.2 Å². The molecule has 0 spiro atoms. The standard InChI is InChI=1S/C17H22ClN3O2/c18-15-6-2-1-4-13(15)10-16(22)20-8-3-5-14(12-20)21-9-7-19-11-17(21)23/h1-2,4,6,14,19H,3,5,7-12H2. The molecule has 2 aliphatic rings. The number of hydrogen-bond donors (Lipinski definition) is 1. The van der Waals surface area contributed by atoms with E-state index >= 15 is 0 Å². The summed E-state index contributed by atoms with van der Waals surface area (Å²) in [6.45, 7) is 3.37. The normalized spacial score (nSPS) is 22.3. The van der Waals surface area contributed by atoms with Crippen LogP contribution in [-0.4, -0.2) is 60.4 Å². The van der Waals surface area contributed by atoms with Gasteiger partial charge in [-0.05, 0) is 24.5 Å². The molecule has 124 valence electrons. The van der Waals surface area contributed by atoms with Crippen LogP contribution in [0.4, 0.5) is 0 Å². The number of rotatable bonds is 3. The smallest absolute Gasteiger partial charge is 0.236 e. The predicted octanol–water partition coefficient (Wildman–Crippen LogP) is 1.31. The first-order valence-electron chi connectivity index (χ1n) is 8.16. The van der Waals surface area contributed by atoms with Crippen molar-refractivity contribution in [3.63, 3.8) is 0 Å². The van der Waals surface area contributed by atoms with E-state index in [9.17, 15) is 9.59 Å². The van der Waals surface area contributed by atoms with Crippen molar-refractivity contribution in [2.75, 3.05) is 32.7 Å². The first-order valence-corrected chi connectivity index (χ1v) is 8.54. The summed E-state index contributed by atoms with van der Waals surface area (Å²) in [6, 6.07) is 7.61. The monoisotopic (exact) mass is 335 g/mol. The molecule has 1 aromatic carbocycles. The van der Waals surface area contributed by atoms with Crippen molar-refractivity contribution in [3.8, 4) is 0 Å². The fourth-order valence-corrected chi connectivity index (χ4v) is 3.56. The predicted molar refractivity (Wildman–Crippen MR) is 89.3 cm³/mol. The van der Waals surface area contributed by atoms with Gasteiger partial charge < -0.3 is 15.1 Å². The lowest BCUT2D eigenvalue weighted by molar-refractivity contribution is -0.140. The molecule has 2 amide bonds. The zero-order valence-corrected chi connectivity index (χ0v) is 13.9. The van der Waals surface area contributed by atoms with Crippen LogP contribution in [0.25, 0.3) is 0 Å². The highest BCUT2D eigenvalue weighted by molar-refractivity contribution is 6.31. The van der Waals surface area contributed by atoms with Gasteiger partial charge in [0.05, 0.1) is 13.0 Å². The van der Waals surface area contributed by atoms with Gasteiger partial charge in [0.1, 0.15) is 0 Å². The number of hydrogen-bond acceptors (Lipinski definition) is 3. The Morgan fingerprint density at radius 2 is 2.13 bits per heavy atom. The second kappa shape index (κ2) is 7.32. The summed E-state index contributed by atoms with van der Waals surface area (Å²) >= 11 is 6.15. The van der Waals surface area contributed by atoms with Crippen molar-refractivity contribution in [2.45, 2.75) is 25.3 Å². The summed E-state index contributed by atoms with van der Waals surface area (Å²) in [5.74, 6) is 0.229. The Bertz CT molecular complexity index is 593. The molecule has 2 aliphatic heterocycles. The minimum atomic E-state index is 0.0883. The molecule has 1 N–H and O–H groups in total. The molecule has 6 heteroatoms. The summed E-state index contributed by atoms with van der Waals surface area (Å²) in [4.78, 5) is 28.4. The molecule has 0 bridgehead atoms. The van der Waals surface area contributed by atoms with Crippen molar-refractivity contribution >= 4 is 23.4 Å². The Kier molecular flexibility index (Phi) is 5.18. The number of piperidine rings is 1. The first-order chi connectivity index (χ1) is 11.1. The summed E-state index contributed by atoms with van der Waals surface area (Å²) in [6.07, 6.45) is 2.24. The lowest BCUT2D eigenvalue weighted by Gasteiger charge is -2.41. The van der Waals surface area contributed by atoms with Gasteiger partial charge in [0.25, 0.3) is 0 Å². The van der Waals surface area contributed by atoms with Crippen molar-refractivity contribution in [1.82, 2.24) is 15.1 Å². The number of amides is 2. The average Bonchev–Trinajstić information content (AvgIpc) is 2.57. The maximum atomic E-state index is 12.6. The number of piperazine rings is 1. The Labute approximate surface area is 141 Å². The number of carbonyl (C=O) groups excluding carboxylic acids is 2. The zero-order valence-electron chi connectivity index (χ0n) is 13.1. The van der Waals surface area contributed by atoms with Gasteiger partial charge >= 0.3 is 0 Å². The van der Waals surface area contributed by atoms with Crippen LogP contribution in [0.2, 0.25) is 5.02 Å². The minimum absolute atomic E-state index is 0.0883. The van der Waals surface area contributed by atoms with Gasteiger partial charge in [-0.3, -0.25) is 9.59 Å². The van der Waals surface area contributed by atoms with Crippen LogP contribution in [0.15, 0.2) is 24.3 Å². The molecule has 0 saturated carbocycles. The molecule has 2 saturated heterocycles. The Morgan fingerprint density at radius 1 is 1.30 bits per heavy atom. The highest BCUT2D eigenvalue weighted by Crippen LogP contribution is 2.20. The number of nitrogens with one attached hydrogen (secondary N) is 1. The molecule has 2 heterocycles. The van der Waals surface area contributed by atoms with E-state index in [4.69, 9.17) is 11.6 Å². The second-order valence-electron chi connectivity index (χ2n) is 6.17. The molecule has 0 radical (unpaired) electrons. The van der Waals surface area contributed by atoms with E-state index in [2.05, 4.69) is 5.32 Å². The molecule has 1 aromatic rings. The van der Waals surface area contributed by atoms with Crippen LogP contribution in [0.1, 0.15) is 18.4 Å². The van der Waals surface area contributed by atoms with Gasteiger partial charge in [-0.15, -0.1) is 0 Å². The van der Waals surface area contributed by atoms with E-state index in [0.29, 0.717) is 24.5 Å². The molecule has 1 atom stereocenters. The van der Waals surface area contributed by atoms with Crippen LogP contribution < -0.4 is 5.32 Å². The molecular formula is C17H22ClN3O2. The van der Waals surface area contributed by atoms with E-state index in [-0.39, 0.29) is 17.9 Å². The quantitative estimate of drug-likeness (QED) is 0.906. The van der Waals surface area contributed by atoms with E-state index < -0.39 is 0 Å². The molecular weight excluding hydrogens is 314 g/mol. The maximum Gasteiger partial charge on any atom is 0.236 e. The third-order valence-electron chi connectivity index (χ3n) is 4.62. The molecule has 3 rings (SSSR count). The van der Waals surface area contributed by atoms with Crippen LogP contribution in [-0.2, 0) is 16.0 Å². The van der Waals surface area contributed by atoms with Crippen LogP contribution in [0.5, 0.6) is 0 Å². The van der Waals surface area contributed by atoms with Gasteiger partial charge in [-0.25, -0.2) is 0 Å². The number of benzene rings is 1.